The van der Waals surface area contributed by atoms with Crippen molar-refractivity contribution in [2.24, 2.45) is 0 Å². The van der Waals surface area contributed by atoms with E-state index >= 15 is 0 Å². The zero-order valence-electron chi connectivity index (χ0n) is 9.50. The molecule has 0 fully saturated rings. The van der Waals surface area contributed by atoms with Crippen LogP contribution in [0.1, 0.15) is 5.56 Å². The van der Waals surface area contributed by atoms with Crippen molar-refractivity contribution in [1.29, 1.82) is 0 Å². The molecular formula is C12H9ClF3N3. The van der Waals surface area contributed by atoms with Gasteiger partial charge in [-0.2, -0.15) is 13.2 Å². The second-order valence-electron chi connectivity index (χ2n) is 3.79. The van der Waals surface area contributed by atoms with E-state index in [0.29, 0.717) is 11.5 Å². The van der Waals surface area contributed by atoms with Gasteiger partial charge in [0.1, 0.15) is 5.82 Å². The highest BCUT2D eigenvalue weighted by Crippen LogP contribution is 2.34. The molecule has 1 heterocycles. The Balaban J connectivity index is 2.34. The molecule has 1 aromatic heterocycles. The van der Waals surface area contributed by atoms with Crippen molar-refractivity contribution in [2.45, 2.75) is 6.18 Å². The molecular weight excluding hydrogens is 279 g/mol. The van der Waals surface area contributed by atoms with Crippen molar-refractivity contribution < 1.29 is 13.2 Å². The van der Waals surface area contributed by atoms with Gasteiger partial charge in [0.25, 0.3) is 0 Å². The quantitative estimate of drug-likeness (QED) is 0.875. The SMILES string of the molecule is Nc1ccnc(Nc2cc(C(F)(F)F)ccc2Cl)c1. The maximum absolute atomic E-state index is 12.6. The van der Waals surface area contributed by atoms with Crippen LogP contribution in [0, 0.1) is 0 Å². The number of nitrogen functional groups attached to an aromatic ring is 1. The lowest BCUT2D eigenvalue weighted by molar-refractivity contribution is -0.137. The van der Waals surface area contributed by atoms with Gasteiger partial charge in [0, 0.05) is 18.0 Å². The zero-order chi connectivity index (χ0) is 14.0. The van der Waals surface area contributed by atoms with Gasteiger partial charge in [0.05, 0.1) is 16.3 Å². The van der Waals surface area contributed by atoms with E-state index < -0.39 is 11.7 Å². The maximum atomic E-state index is 12.6. The average molecular weight is 288 g/mol. The van der Waals surface area contributed by atoms with E-state index in [4.69, 9.17) is 17.3 Å². The monoisotopic (exact) mass is 287 g/mol. The molecule has 0 saturated carbocycles. The number of nitrogens with two attached hydrogens (primary N) is 1. The summed E-state index contributed by atoms with van der Waals surface area (Å²) < 4.78 is 37.8. The molecule has 0 spiro atoms. The van der Waals surface area contributed by atoms with Gasteiger partial charge in [-0.1, -0.05) is 11.6 Å². The molecule has 0 aliphatic heterocycles. The predicted molar refractivity (Wildman–Crippen MR) is 68.4 cm³/mol. The van der Waals surface area contributed by atoms with Crippen molar-refractivity contribution in [2.75, 3.05) is 11.1 Å². The lowest BCUT2D eigenvalue weighted by Gasteiger charge is -2.12. The van der Waals surface area contributed by atoms with E-state index in [0.717, 1.165) is 12.1 Å². The number of nitrogens with zero attached hydrogens (tertiary/aromatic N) is 1. The van der Waals surface area contributed by atoms with Gasteiger partial charge in [-0.25, -0.2) is 4.98 Å². The molecule has 7 heteroatoms. The first-order valence-electron chi connectivity index (χ1n) is 5.21. The summed E-state index contributed by atoms with van der Waals surface area (Å²) in [6.45, 7) is 0. The van der Waals surface area contributed by atoms with Crippen molar-refractivity contribution in [3.05, 3.63) is 47.1 Å². The molecule has 0 amide bonds. The lowest BCUT2D eigenvalue weighted by Crippen LogP contribution is -2.05. The Kier molecular flexibility index (Phi) is 3.53. The summed E-state index contributed by atoms with van der Waals surface area (Å²) in [4.78, 5) is 3.94. The van der Waals surface area contributed by atoms with Gasteiger partial charge in [-0.05, 0) is 24.3 Å². The van der Waals surface area contributed by atoms with Gasteiger partial charge in [-0.3, -0.25) is 0 Å². The maximum Gasteiger partial charge on any atom is 0.416 e. The molecule has 0 aliphatic rings. The molecule has 0 bridgehead atoms. The highest BCUT2D eigenvalue weighted by atomic mass is 35.5. The standard InChI is InChI=1S/C12H9ClF3N3/c13-9-2-1-7(12(14,15)16)5-10(9)19-11-6-8(17)3-4-18-11/h1-6H,(H3,17,18,19). The van der Waals surface area contributed by atoms with Crippen LogP contribution in [-0.2, 0) is 6.18 Å². The van der Waals surface area contributed by atoms with Crippen LogP contribution in [-0.4, -0.2) is 4.98 Å². The third-order valence-corrected chi connectivity index (χ3v) is 2.67. The van der Waals surface area contributed by atoms with Crippen LogP contribution in [0.3, 0.4) is 0 Å². The molecule has 0 saturated heterocycles. The fourth-order valence-electron chi connectivity index (χ4n) is 1.45. The van der Waals surface area contributed by atoms with E-state index in [2.05, 4.69) is 10.3 Å². The molecule has 0 atom stereocenters. The number of rotatable bonds is 2. The Labute approximate surface area is 112 Å². The van der Waals surface area contributed by atoms with Gasteiger partial charge >= 0.3 is 6.18 Å². The molecule has 3 nitrogen and oxygen atoms in total. The third-order valence-electron chi connectivity index (χ3n) is 2.34. The summed E-state index contributed by atoms with van der Waals surface area (Å²) in [5.74, 6) is 0.321. The Morgan fingerprint density at radius 3 is 2.53 bits per heavy atom. The summed E-state index contributed by atoms with van der Waals surface area (Å²) in [6, 6.07) is 6.09. The molecule has 0 radical (unpaired) electrons. The van der Waals surface area contributed by atoms with E-state index in [9.17, 15) is 13.2 Å². The number of anilines is 3. The minimum absolute atomic E-state index is 0.120. The Hall–Kier alpha value is -1.95. The molecule has 19 heavy (non-hydrogen) atoms. The fraction of sp³-hybridized carbons (Fsp3) is 0.0833. The van der Waals surface area contributed by atoms with E-state index in [1.807, 2.05) is 0 Å². The summed E-state index contributed by atoms with van der Waals surface area (Å²) >= 11 is 5.85. The number of halogens is 4. The molecule has 2 rings (SSSR count). The summed E-state index contributed by atoms with van der Waals surface area (Å²) in [7, 11) is 0. The molecule has 0 aliphatic carbocycles. The van der Waals surface area contributed by atoms with E-state index in [-0.39, 0.29) is 10.7 Å². The van der Waals surface area contributed by atoms with Crippen LogP contribution in [0.5, 0.6) is 0 Å². The number of hydrogen-bond donors (Lipinski definition) is 2. The minimum atomic E-state index is -4.43. The first-order valence-corrected chi connectivity index (χ1v) is 5.59. The molecule has 3 N–H and O–H groups in total. The van der Waals surface area contributed by atoms with Gasteiger partial charge in [0.15, 0.2) is 0 Å². The Morgan fingerprint density at radius 1 is 1.16 bits per heavy atom. The molecule has 2 aromatic rings. The second-order valence-corrected chi connectivity index (χ2v) is 4.20. The third kappa shape index (κ3) is 3.29. The second kappa shape index (κ2) is 4.97. The minimum Gasteiger partial charge on any atom is -0.399 e. The molecule has 0 unspecified atom stereocenters. The number of pyridine rings is 1. The van der Waals surface area contributed by atoms with Crippen molar-refractivity contribution in [3.8, 4) is 0 Å². The zero-order valence-corrected chi connectivity index (χ0v) is 10.3. The number of hydrogen-bond acceptors (Lipinski definition) is 3. The van der Waals surface area contributed by atoms with Crippen LogP contribution in [0.25, 0.3) is 0 Å². The number of alkyl halides is 3. The van der Waals surface area contributed by atoms with Gasteiger partial charge in [-0.15, -0.1) is 0 Å². The summed E-state index contributed by atoms with van der Waals surface area (Å²) in [6.07, 6.45) is -2.98. The lowest BCUT2D eigenvalue weighted by atomic mass is 10.2. The molecule has 1 aromatic carbocycles. The van der Waals surface area contributed by atoms with Crippen molar-refractivity contribution in [1.82, 2.24) is 4.98 Å². The van der Waals surface area contributed by atoms with E-state index in [1.54, 1.807) is 6.07 Å². The number of aromatic nitrogens is 1. The predicted octanol–water partition coefficient (Wildman–Crippen LogP) is 4.08. The fourth-order valence-corrected chi connectivity index (χ4v) is 1.62. The topological polar surface area (TPSA) is 50.9 Å². The van der Waals surface area contributed by atoms with Crippen molar-refractivity contribution in [3.63, 3.8) is 0 Å². The summed E-state index contributed by atoms with van der Waals surface area (Å²) in [5, 5.41) is 2.87. The highest BCUT2D eigenvalue weighted by Gasteiger charge is 2.30. The normalized spacial score (nSPS) is 11.4. The average Bonchev–Trinajstić information content (AvgIpc) is 2.30. The number of nitrogens with one attached hydrogen (secondary N) is 1. The van der Waals surface area contributed by atoms with Crippen LogP contribution < -0.4 is 11.1 Å². The largest absolute Gasteiger partial charge is 0.416 e. The Morgan fingerprint density at radius 2 is 1.89 bits per heavy atom. The first-order chi connectivity index (χ1) is 8.86. The van der Waals surface area contributed by atoms with Crippen LogP contribution >= 0.6 is 11.6 Å². The smallest absolute Gasteiger partial charge is 0.399 e. The van der Waals surface area contributed by atoms with Crippen LogP contribution in [0.15, 0.2) is 36.5 Å². The highest BCUT2D eigenvalue weighted by molar-refractivity contribution is 6.33. The van der Waals surface area contributed by atoms with Crippen molar-refractivity contribution >= 4 is 28.8 Å². The van der Waals surface area contributed by atoms with Gasteiger partial charge < -0.3 is 11.1 Å². The van der Waals surface area contributed by atoms with Crippen LogP contribution in [0.2, 0.25) is 5.02 Å². The first kappa shape index (κ1) is 13.5. The molecule has 100 valence electrons. The van der Waals surface area contributed by atoms with Crippen LogP contribution in [0.4, 0.5) is 30.4 Å². The Bertz CT molecular complexity index is 599. The number of benzene rings is 1. The van der Waals surface area contributed by atoms with Gasteiger partial charge in [0.2, 0.25) is 0 Å². The van der Waals surface area contributed by atoms with E-state index in [1.165, 1.54) is 18.3 Å². The summed E-state index contributed by atoms with van der Waals surface area (Å²) in [5.41, 5.74) is 5.33.